The predicted molar refractivity (Wildman–Crippen MR) is 219 cm³/mol. The Balaban J connectivity index is 0.000000324. The van der Waals surface area contributed by atoms with E-state index < -0.39 is 0 Å². The maximum Gasteiger partial charge on any atom is 3.00 e. The van der Waals surface area contributed by atoms with Gasteiger partial charge in [0, 0.05) is 5.69 Å². The molecule has 0 saturated heterocycles. The van der Waals surface area contributed by atoms with E-state index in [-0.39, 0.29) is 38.0 Å². The number of nitrogens with zero attached hydrogens (tertiary/aromatic N) is 4. The molecule has 266 valence electrons. The van der Waals surface area contributed by atoms with Gasteiger partial charge in [0.2, 0.25) is 0 Å². The van der Waals surface area contributed by atoms with Crippen LogP contribution in [0.1, 0.15) is 67.8 Å². The molecular formula is C49H41IrN4. The standard InChI is InChI=1S/C38H32N3.C11H9N.Ir/c1-25(2)33-22-32(30-18-16-29(17-19-30)28-11-7-5-8-12-28)23-34(26(3)4)37(33)41-36-21-27(24-39)15-20-35(36)40-38(41)31-13-9-6-10-14-31;1-2-6-10(7-3-1)11-8-4-5-9-12-11;/h5-13,15-23,25-26H,1-4H3;1-6,8-9,11H;/q-1;-2;+3. The number of rotatable bonds is 7. The van der Waals surface area contributed by atoms with Crippen molar-refractivity contribution in [2.75, 3.05) is 0 Å². The quantitative estimate of drug-likeness (QED) is 0.150. The van der Waals surface area contributed by atoms with Crippen molar-refractivity contribution in [3.05, 3.63) is 198 Å². The van der Waals surface area contributed by atoms with Gasteiger partial charge < -0.3 is 9.88 Å². The van der Waals surface area contributed by atoms with E-state index in [0.717, 1.165) is 33.7 Å². The van der Waals surface area contributed by atoms with Crippen LogP contribution in [0.4, 0.5) is 0 Å². The molecule has 4 nitrogen and oxygen atoms in total. The molecule has 0 amide bonds. The van der Waals surface area contributed by atoms with Crippen LogP contribution in [0.5, 0.6) is 0 Å². The summed E-state index contributed by atoms with van der Waals surface area (Å²) in [5.41, 5.74) is 12.9. The van der Waals surface area contributed by atoms with Gasteiger partial charge in [-0.2, -0.15) is 47.4 Å². The maximum atomic E-state index is 9.74. The van der Waals surface area contributed by atoms with Crippen molar-refractivity contribution in [2.45, 2.75) is 45.6 Å². The summed E-state index contributed by atoms with van der Waals surface area (Å²) in [4.78, 5) is 5.08. The average Bonchev–Trinajstić information content (AvgIpc) is 3.60. The molecule has 7 aromatic rings. The van der Waals surface area contributed by atoms with Crippen LogP contribution in [0.2, 0.25) is 0 Å². The van der Waals surface area contributed by atoms with Crippen LogP contribution in [0.3, 0.4) is 0 Å². The fraction of sp³-hybridized carbons (Fsp3) is 0.143. The van der Waals surface area contributed by atoms with Gasteiger partial charge in [-0.25, -0.2) is 0 Å². The van der Waals surface area contributed by atoms with E-state index in [2.05, 4.69) is 129 Å². The third-order valence-corrected chi connectivity index (χ3v) is 9.48. The number of fused-ring (bicyclic) bond motifs is 1. The Labute approximate surface area is 332 Å². The second-order valence-electron chi connectivity index (χ2n) is 13.8. The van der Waals surface area contributed by atoms with E-state index in [1.807, 2.05) is 85.1 Å². The van der Waals surface area contributed by atoms with Crippen molar-refractivity contribution in [1.29, 1.82) is 5.26 Å². The number of benzene rings is 6. The van der Waals surface area contributed by atoms with Crippen LogP contribution < -0.4 is 0 Å². The van der Waals surface area contributed by atoms with Gasteiger partial charge in [0.15, 0.2) is 0 Å². The van der Waals surface area contributed by atoms with Crippen LogP contribution in [-0.4, -0.2) is 9.55 Å². The summed E-state index contributed by atoms with van der Waals surface area (Å²) in [7, 11) is 0. The third kappa shape index (κ3) is 8.22. The summed E-state index contributed by atoms with van der Waals surface area (Å²) in [6.07, 6.45) is 7.83. The largest absolute Gasteiger partial charge is 3.00 e. The monoisotopic (exact) mass is 878 g/mol. The Morgan fingerprint density at radius 1 is 0.685 bits per heavy atom. The number of aromatic nitrogens is 2. The Kier molecular flexibility index (Phi) is 12.2. The number of hydrogen-bond acceptors (Lipinski definition) is 2. The molecule has 0 bridgehead atoms. The SMILES string of the molecule is CC(C)c1cc(-c2ccc(-c3ccccc3)cc2)cc(C(C)C)c1-n1c(-c2[c-]cccc2)nc2ccc(C#N)cc21.[Ir+3].[c-]1ccccc1C1C=CC=C[N-]1. The van der Waals surface area contributed by atoms with Gasteiger partial charge in [0.1, 0.15) is 0 Å². The zero-order chi connectivity index (χ0) is 36.7. The van der Waals surface area contributed by atoms with Crippen LogP contribution in [0, 0.1) is 23.5 Å². The minimum absolute atomic E-state index is 0. The molecule has 5 heteroatoms. The van der Waals surface area contributed by atoms with Crippen molar-refractivity contribution in [1.82, 2.24) is 9.55 Å². The van der Waals surface area contributed by atoms with Crippen LogP contribution in [0.15, 0.2) is 158 Å². The summed E-state index contributed by atoms with van der Waals surface area (Å²) in [6.45, 7) is 9.00. The van der Waals surface area contributed by atoms with Crippen molar-refractivity contribution in [3.8, 4) is 45.4 Å². The first-order valence-corrected chi connectivity index (χ1v) is 18.1. The molecule has 54 heavy (non-hydrogen) atoms. The number of nitriles is 1. The second-order valence-corrected chi connectivity index (χ2v) is 13.8. The Hall–Kier alpha value is -5.79. The Bertz CT molecular complexity index is 2390. The molecule has 2 heterocycles. The Morgan fingerprint density at radius 3 is 1.89 bits per heavy atom. The van der Waals surface area contributed by atoms with Crippen molar-refractivity contribution < 1.29 is 20.1 Å². The van der Waals surface area contributed by atoms with Crippen LogP contribution in [-0.2, 0) is 20.1 Å². The fourth-order valence-electron chi connectivity index (χ4n) is 6.74. The summed E-state index contributed by atoms with van der Waals surface area (Å²) >= 11 is 0. The zero-order valence-corrected chi connectivity index (χ0v) is 33.3. The van der Waals surface area contributed by atoms with Crippen molar-refractivity contribution in [3.63, 3.8) is 0 Å². The van der Waals surface area contributed by atoms with Crippen molar-refractivity contribution in [2.24, 2.45) is 0 Å². The van der Waals surface area contributed by atoms with Crippen molar-refractivity contribution >= 4 is 11.0 Å². The summed E-state index contributed by atoms with van der Waals surface area (Å²) < 4.78 is 2.26. The number of hydrogen-bond donors (Lipinski definition) is 0. The van der Waals surface area contributed by atoms with Gasteiger partial charge in [0.05, 0.1) is 28.5 Å². The van der Waals surface area contributed by atoms with Crippen LogP contribution >= 0.6 is 0 Å². The fourth-order valence-corrected chi connectivity index (χ4v) is 6.74. The van der Waals surface area contributed by atoms with E-state index in [1.54, 1.807) is 0 Å². The molecule has 1 aromatic heterocycles. The third-order valence-electron chi connectivity index (χ3n) is 9.48. The van der Waals surface area contributed by atoms with Gasteiger partial charge >= 0.3 is 20.1 Å². The molecule has 1 unspecified atom stereocenters. The molecule has 1 aliphatic rings. The summed E-state index contributed by atoms with van der Waals surface area (Å²) in [5.74, 6) is 1.35. The van der Waals surface area contributed by atoms with Gasteiger partial charge in [-0.15, -0.1) is 35.9 Å². The second kappa shape index (κ2) is 17.4. The molecule has 0 aliphatic carbocycles. The van der Waals surface area contributed by atoms with E-state index in [4.69, 9.17) is 4.98 Å². The number of allylic oxidation sites excluding steroid dienone is 2. The van der Waals surface area contributed by atoms with Gasteiger partial charge in [-0.1, -0.05) is 107 Å². The molecular weight excluding hydrogens is 837 g/mol. The smallest absolute Gasteiger partial charge is 0.683 e. The van der Waals surface area contributed by atoms with Gasteiger partial charge in [-0.3, -0.25) is 4.98 Å². The first-order valence-electron chi connectivity index (χ1n) is 18.1. The average molecular weight is 878 g/mol. The molecule has 1 aliphatic heterocycles. The topological polar surface area (TPSA) is 55.7 Å². The molecule has 6 aromatic carbocycles. The van der Waals surface area contributed by atoms with E-state index in [0.29, 0.717) is 5.56 Å². The van der Waals surface area contributed by atoms with E-state index in [9.17, 15) is 5.26 Å². The number of imidazole rings is 1. The van der Waals surface area contributed by atoms with Gasteiger partial charge in [-0.05, 0) is 75.5 Å². The van der Waals surface area contributed by atoms with Crippen LogP contribution in [0.25, 0.3) is 55.7 Å². The maximum absolute atomic E-state index is 9.74. The molecule has 0 fully saturated rings. The van der Waals surface area contributed by atoms with E-state index in [1.165, 1.54) is 33.4 Å². The minimum Gasteiger partial charge on any atom is -0.683 e. The zero-order valence-electron chi connectivity index (χ0n) is 30.9. The molecule has 0 N–H and O–H groups in total. The molecule has 0 radical (unpaired) electrons. The normalized spacial score (nSPS) is 13.2. The first kappa shape index (κ1) is 37.9. The predicted octanol–water partition coefficient (Wildman–Crippen LogP) is 12.9. The minimum atomic E-state index is 0. The summed E-state index contributed by atoms with van der Waals surface area (Å²) in [6, 6.07) is 54.7. The molecule has 1 atom stereocenters. The summed E-state index contributed by atoms with van der Waals surface area (Å²) in [5, 5.41) is 14.0. The molecule has 8 rings (SSSR count). The Morgan fingerprint density at radius 2 is 1.31 bits per heavy atom. The molecule has 0 spiro atoms. The first-order chi connectivity index (χ1) is 25.9. The molecule has 0 saturated carbocycles. The van der Waals surface area contributed by atoms with Gasteiger partial charge in [0.25, 0.3) is 0 Å². The van der Waals surface area contributed by atoms with E-state index >= 15 is 0 Å².